The summed E-state index contributed by atoms with van der Waals surface area (Å²) < 4.78 is 13.1. The number of hydrogen-bond donors (Lipinski definition) is 2. The van der Waals surface area contributed by atoms with Gasteiger partial charge in [-0.25, -0.2) is 4.39 Å². The number of benzene rings is 1. The first-order chi connectivity index (χ1) is 7.63. The highest BCUT2D eigenvalue weighted by atomic mass is 32.2. The first-order valence-electron chi connectivity index (χ1n) is 5.39. The van der Waals surface area contributed by atoms with Gasteiger partial charge >= 0.3 is 0 Å². The minimum Gasteiger partial charge on any atom is -0.396 e. The average Bonchev–Trinajstić information content (AvgIpc) is 2.25. The molecule has 1 aromatic rings. The van der Waals surface area contributed by atoms with Crippen molar-refractivity contribution in [2.24, 2.45) is 0 Å². The number of aliphatic hydroxyl groups excluding tert-OH is 1. The van der Waals surface area contributed by atoms with Crippen molar-refractivity contribution in [1.29, 1.82) is 0 Å². The van der Waals surface area contributed by atoms with Gasteiger partial charge in [0.25, 0.3) is 0 Å². The van der Waals surface area contributed by atoms with Crippen LogP contribution in [0, 0.1) is 5.82 Å². The predicted octanol–water partition coefficient (Wildman–Crippen LogP) is 2.41. The van der Waals surface area contributed by atoms with Crippen molar-refractivity contribution < 1.29 is 9.50 Å². The highest BCUT2D eigenvalue weighted by Crippen LogP contribution is 2.23. The van der Waals surface area contributed by atoms with Crippen LogP contribution in [0.1, 0.15) is 19.4 Å². The number of aliphatic hydroxyl groups is 1. The van der Waals surface area contributed by atoms with Gasteiger partial charge in [0, 0.05) is 23.2 Å². The Bertz CT molecular complexity index is 331. The Morgan fingerprint density at radius 3 is 2.81 bits per heavy atom. The van der Waals surface area contributed by atoms with Gasteiger partial charge in [-0.1, -0.05) is 13.8 Å². The highest BCUT2D eigenvalue weighted by molar-refractivity contribution is 7.99. The molecule has 0 spiro atoms. The van der Waals surface area contributed by atoms with Gasteiger partial charge < -0.3 is 10.4 Å². The third-order valence-corrected chi connectivity index (χ3v) is 3.17. The van der Waals surface area contributed by atoms with Crippen LogP contribution in [0.25, 0.3) is 0 Å². The largest absolute Gasteiger partial charge is 0.396 e. The fourth-order valence-corrected chi connectivity index (χ4v) is 2.09. The number of halogens is 1. The lowest BCUT2D eigenvalue weighted by atomic mass is 10.2. The van der Waals surface area contributed by atoms with Crippen LogP contribution in [0.15, 0.2) is 23.1 Å². The lowest BCUT2D eigenvalue weighted by molar-refractivity contribution is 0.322. The number of nitrogens with one attached hydrogen (secondary N) is 1. The molecular weight excluding hydrogens is 225 g/mol. The van der Waals surface area contributed by atoms with Crippen LogP contribution >= 0.6 is 11.8 Å². The topological polar surface area (TPSA) is 32.3 Å². The summed E-state index contributed by atoms with van der Waals surface area (Å²) >= 11 is 1.55. The third kappa shape index (κ3) is 4.51. The van der Waals surface area contributed by atoms with E-state index in [1.807, 2.05) is 0 Å². The molecule has 0 aromatic heterocycles. The summed E-state index contributed by atoms with van der Waals surface area (Å²) in [7, 11) is 0. The number of thioether (sulfide) groups is 1. The first kappa shape index (κ1) is 13.5. The Balaban J connectivity index is 2.72. The smallest absolute Gasteiger partial charge is 0.123 e. The van der Waals surface area contributed by atoms with Crippen molar-refractivity contribution in [3.8, 4) is 0 Å². The molecule has 2 nitrogen and oxygen atoms in total. The van der Waals surface area contributed by atoms with Gasteiger partial charge in [0.1, 0.15) is 5.82 Å². The van der Waals surface area contributed by atoms with Crippen molar-refractivity contribution in [2.45, 2.75) is 31.3 Å². The van der Waals surface area contributed by atoms with Gasteiger partial charge in [-0.2, -0.15) is 0 Å². The van der Waals surface area contributed by atoms with Crippen LogP contribution in [-0.2, 0) is 6.54 Å². The third-order valence-electron chi connectivity index (χ3n) is 2.07. The molecule has 90 valence electrons. The van der Waals surface area contributed by atoms with E-state index in [2.05, 4.69) is 19.2 Å². The predicted molar refractivity (Wildman–Crippen MR) is 66.2 cm³/mol. The zero-order valence-electron chi connectivity index (χ0n) is 9.66. The molecule has 0 atom stereocenters. The zero-order valence-corrected chi connectivity index (χ0v) is 10.5. The van der Waals surface area contributed by atoms with Gasteiger partial charge in [0.15, 0.2) is 0 Å². The van der Waals surface area contributed by atoms with E-state index in [9.17, 15) is 4.39 Å². The minimum atomic E-state index is -0.214. The van der Waals surface area contributed by atoms with Gasteiger partial charge in [0.2, 0.25) is 0 Å². The van der Waals surface area contributed by atoms with Crippen molar-refractivity contribution in [3.05, 3.63) is 29.6 Å². The molecule has 0 aliphatic carbocycles. The fourth-order valence-electron chi connectivity index (χ4n) is 1.30. The van der Waals surface area contributed by atoms with Crippen molar-refractivity contribution in [2.75, 3.05) is 12.4 Å². The second kappa shape index (κ2) is 6.89. The van der Waals surface area contributed by atoms with E-state index in [0.717, 1.165) is 10.5 Å². The van der Waals surface area contributed by atoms with E-state index in [0.29, 0.717) is 18.3 Å². The van der Waals surface area contributed by atoms with Crippen molar-refractivity contribution in [3.63, 3.8) is 0 Å². The van der Waals surface area contributed by atoms with E-state index in [-0.39, 0.29) is 12.4 Å². The molecule has 0 fully saturated rings. The summed E-state index contributed by atoms with van der Waals surface area (Å²) in [6, 6.07) is 5.15. The monoisotopic (exact) mass is 243 g/mol. The van der Waals surface area contributed by atoms with Crippen LogP contribution < -0.4 is 5.32 Å². The molecule has 0 saturated carbocycles. The van der Waals surface area contributed by atoms with Crippen molar-refractivity contribution in [1.82, 2.24) is 5.32 Å². The number of hydrogen-bond acceptors (Lipinski definition) is 3. The molecule has 2 N–H and O–H groups in total. The van der Waals surface area contributed by atoms with E-state index < -0.39 is 0 Å². The van der Waals surface area contributed by atoms with Crippen LogP contribution in [0.2, 0.25) is 0 Å². The SMILES string of the molecule is CC(C)NCc1cc(F)ccc1SCCO. The maximum absolute atomic E-state index is 13.1. The molecule has 0 saturated heterocycles. The van der Waals surface area contributed by atoms with E-state index in [4.69, 9.17) is 5.11 Å². The Hall–Kier alpha value is -0.580. The van der Waals surface area contributed by atoms with Crippen LogP contribution in [0.5, 0.6) is 0 Å². The molecule has 0 aliphatic heterocycles. The lowest BCUT2D eigenvalue weighted by Gasteiger charge is -2.12. The molecule has 0 bridgehead atoms. The highest BCUT2D eigenvalue weighted by Gasteiger charge is 2.05. The normalized spacial score (nSPS) is 11.1. The van der Waals surface area contributed by atoms with Gasteiger partial charge in [-0.3, -0.25) is 0 Å². The molecule has 16 heavy (non-hydrogen) atoms. The van der Waals surface area contributed by atoms with Crippen LogP contribution in [0.4, 0.5) is 4.39 Å². The minimum absolute atomic E-state index is 0.138. The maximum Gasteiger partial charge on any atom is 0.123 e. The summed E-state index contributed by atoms with van der Waals surface area (Å²) in [5.74, 6) is 0.425. The maximum atomic E-state index is 13.1. The molecule has 0 amide bonds. The van der Waals surface area contributed by atoms with Crippen LogP contribution in [0.3, 0.4) is 0 Å². The first-order valence-corrected chi connectivity index (χ1v) is 6.37. The molecule has 4 heteroatoms. The second-order valence-corrected chi connectivity index (χ2v) is 5.00. The van der Waals surface area contributed by atoms with E-state index in [1.54, 1.807) is 23.9 Å². The quantitative estimate of drug-likeness (QED) is 0.753. The lowest BCUT2D eigenvalue weighted by Crippen LogP contribution is -2.22. The molecular formula is C12H18FNOS. The Labute approximate surface area is 100 Å². The number of rotatable bonds is 6. The standard InChI is InChI=1S/C12H18FNOS/c1-9(2)14-8-10-7-11(13)3-4-12(10)16-6-5-15/h3-4,7,9,14-15H,5-6,8H2,1-2H3. The summed E-state index contributed by atoms with van der Waals surface area (Å²) in [6.45, 7) is 4.90. The molecule has 1 aromatic carbocycles. The molecule has 0 heterocycles. The molecule has 0 unspecified atom stereocenters. The van der Waals surface area contributed by atoms with Gasteiger partial charge in [-0.15, -0.1) is 11.8 Å². The summed E-state index contributed by atoms with van der Waals surface area (Å²) in [6.07, 6.45) is 0. The van der Waals surface area contributed by atoms with Gasteiger partial charge in [-0.05, 0) is 23.8 Å². The molecule has 1 rings (SSSR count). The fraction of sp³-hybridized carbons (Fsp3) is 0.500. The Kier molecular flexibility index (Phi) is 5.80. The molecule has 0 aliphatic rings. The zero-order chi connectivity index (χ0) is 12.0. The summed E-state index contributed by atoms with van der Waals surface area (Å²) in [5, 5.41) is 12.0. The average molecular weight is 243 g/mol. The van der Waals surface area contributed by atoms with E-state index >= 15 is 0 Å². The van der Waals surface area contributed by atoms with Gasteiger partial charge in [0.05, 0.1) is 6.61 Å². The summed E-state index contributed by atoms with van der Waals surface area (Å²) in [4.78, 5) is 1.03. The van der Waals surface area contributed by atoms with Crippen molar-refractivity contribution >= 4 is 11.8 Å². The Morgan fingerprint density at radius 2 is 2.19 bits per heavy atom. The second-order valence-electron chi connectivity index (χ2n) is 3.86. The summed E-state index contributed by atoms with van der Waals surface area (Å²) in [5.41, 5.74) is 0.951. The Morgan fingerprint density at radius 1 is 1.44 bits per heavy atom. The van der Waals surface area contributed by atoms with Crippen LogP contribution in [-0.4, -0.2) is 23.5 Å². The molecule has 0 radical (unpaired) electrons. The van der Waals surface area contributed by atoms with E-state index in [1.165, 1.54) is 6.07 Å².